The van der Waals surface area contributed by atoms with Crippen molar-refractivity contribution in [1.29, 1.82) is 0 Å². The van der Waals surface area contributed by atoms with Crippen LogP contribution in [0.3, 0.4) is 0 Å². The van der Waals surface area contributed by atoms with Crippen molar-refractivity contribution in [2.75, 3.05) is 38.3 Å². The minimum absolute atomic E-state index is 0.750. The highest BCUT2D eigenvalue weighted by molar-refractivity contribution is 5.82. The number of morpholine rings is 1. The second kappa shape index (κ2) is 11.1. The molecule has 0 aliphatic carbocycles. The zero-order valence-corrected chi connectivity index (χ0v) is 18.1. The quantitative estimate of drug-likeness (QED) is 0.619. The number of anilines is 1. The summed E-state index contributed by atoms with van der Waals surface area (Å²) in [4.78, 5) is 22.4. The maximum Gasteiger partial charge on any atom is 0.490 e. The van der Waals surface area contributed by atoms with Crippen LogP contribution in [-0.2, 0) is 22.6 Å². The summed E-state index contributed by atoms with van der Waals surface area (Å²) in [5, 5.41) is 9.70. The first-order chi connectivity index (χ1) is 15.7. The van der Waals surface area contributed by atoms with Crippen molar-refractivity contribution >= 4 is 22.7 Å². The number of aromatic nitrogens is 2. The number of halogens is 3. The molecule has 1 fully saturated rings. The van der Waals surface area contributed by atoms with Gasteiger partial charge in [0.25, 0.3) is 0 Å². The smallest absolute Gasteiger partial charge is 0.475 e. The van der Waals surface area contributed by atoms with E-state index < -0.39 is 12.1 Å². The molecule has 0 saturated carbocycles. The molecule has 176 valence electrons. The number of hydrogen-bond donors (Lipinski definition) is 1. The molecule has 0 bridgehead atoms. The summed E-state index contributed by atoms with van der Waals surface area (Å²) in [6, 6.07) is 15.1. The molecule has 2 aromatic carbocycles. The van der Waals surface area contributed by atoms with Crippen molar-refractivity contribution in [3.8, 4) is 0 Å². The van der Waals surface area contributed by atoms with Gasteiger partial charge in [0, 0.05) is 44.1 Å². The van der Waals surface area contributed by atoms with Crippen molar-refractivity contribution in [3.63, 3.8) is 0 Å². The number of hydrogen-bond acceptors (Lipinski definition) is 6. The molecule has 33 heavy (non-hydrogen) atoms. The second-order valence-corrected chi connectivity index (χ2v) is 7.65. The molecule has 0 unspecified atom stereocenters. The van der Waals surface area contributed by atoms with Crippen molar-refractivity contribution in [3.05, 3.63) is 66.0 Å². The monoisotopic (exact) mass is 462 g/mol. The van der Waals surface area contributed by atoms with Crippen LogP contribution in [-0.4, -0.2) is 65.5 Å². The highest BCUT2D eigenvalue weighted by Gasteiger charge is 2.38. The maximum atomic E-state index is 10.6. The summed E-state index contributed by atoms with van der Waals surface area (Å²) in [5.74, 6) is -1.96. The Labute approximate surface area is 189 Å². The van der Waals surface area contributed by atoms with E-state index in [2.05, 4.69) is 69.3 Å². The fourth-order valence-corrected chi connectivity index (χ4v) is 3.37. The van der Waals surface area contributed by atoms with Crippen LogP contribution >= 0.6 is 0 Å². The number of carboxylic acids is 1. The summed E-state index contributed by atoms with van der Waals surface area (Å²) in [6.07, 6.45) is -1.20. The van der Waals surface area contributed by atoms with Crippen LogP contribution in [0.1, 0.15) is 11.1 Å². The largest absolute Gasteiger partial charge is 0.490 e. The maximum absolute atomic E-state index is 10.6. The third-order valence-corrected chi connectivity index (χ3v) is 4.95. The molecule has 4 rings (SSSR count). The van der Waals surface area contributed by atoms with Gasteiger partial charge in [-0.2, -0.15) is 13.2 Å². The first-order valence-corrected chi connectivity index (χ1v) is 10.3. The van der Waals surface area contributed by atoms with E-state index in [1.165, 1.54) is 16.3 Å². The topological polar surface area (TPSA) is 78.8 Å². The van der Waals surface area contributed by atoms with Gasteiger partial charge >= 0.3 is 12.1 Å². The average molecular weight is 462 g/mol. The van der Waals surface area contributed by atoms with Crippen LogP contribution < -0.4 is 4.90 Å². The van der Waals surface area contributed by atoms with E-state index in [9.17, 15) is 13.2 Å². The summed E-state index contributed by atoms with van der Waals surface area (Å²) in [7, 11) is 2.13. The Kier molecular flexibility index (Phi) is 8.18. The number of carbonyl (C=O) groups is 1. The number of benzene rings is 2. The minimum atomic E-state index is -5.08. The lowest BCUT2D eigenvalue weighted by Crippen LogP contribution is -2.37. The molecular formula is C23H25F3N4O3. The van der Waals surface area contributed by atoms with Gasteiger partial charge in [-0.05, 0) is 29.4 Å². The predicted octanol–water partition coefficient (Wildman–Crippen LogP) is 3.73. The van der Waals surface area contributed by atoms with Crippen molar-refractivity contribution in [2.24, 2.45) is 0 Å². The Morgan fingerprint density at radius 1 is 1.03 bits per heavy atom. The van der Waals surface area contributed by atoms with Crippen molar-refractivity contribution in [2.45, 2.75) is 19.3 Å². The number of rotatable bonds is 5. The summed E-state index contributed by atoms with van der Waals surface area (Å²) in [5.41, 5.74) is 2.45. The number of ether oxygens (including phenoxy) is 1. The van der Waals surface area contributed by atoms with Crippen LogP contribution in [0, 0.1) is 0 Å². The predicted molar refractivity (Wildman–Crippen MR) is 118 cm³/mol. The number of nitrogens with zero attached hydrogens (tertiary/aromatic N) is 4. The molecule has 0 amide bonds. The summed E-state index contributed by atoms with van der Waals surface area (Å²) in [6.45, 7) is 4.95. The van der Waals surface area contributed by atoms with E-state index in [-0.39, 0.29) is 0 Å². The Morgan fingerprint density at radius 3 is 2.21 bits per heavy atom. The zero-order chi connectivity index (χ0) is 23.8. The number of alkyl halides is 3. The third-order valence-electron chi connectivity index (χ3n) is 4.95. The fraction of sp³-hybridized carbons (Fsp3) is 0.348. The van der Waals surface area contributed by atoms with Gasteiger partial charge in [0.2, 0.25) is 5.95 Å². The van der Waals surface area contributed by atoms with E-state index >= 15 is 0 Å². The molecule has 1 saturated heterocycles. The van der Waals surface area contributed by atoms with E-state index in [4.69, 9.17) is 14.6 Å². The Morgan fingerprint density at radius 2 is 1.61 bits per heavy atom. The molecule has 1 aliphatic heterocycles. The molecule has 2 heterocycles. The highest BCUT2D eigenvalue weighted by atomic mass is 19.4. The lowest BCUT2D eigenvalue weighted by Gasteiger charge is -2.26. The normalized spacial score (nSPS) is 14.2. The van der Waals surface area contributed by atoms with Gasteiger partial charge in [0.1, 0.15) is 0 Å². The molecule has 0 radical (unpaired) electrons. The molecule has 0 spiro atoms. The number of carboxylic acid groups (broad SMARTS) is 1. The molecule has 3 aromatic rings. The highest BCUT2D eigenvalue weighted by Crippen LogP contribution is 2.17. The Bertz CT molecular complexity index is 1050. The second-order valence-electron chi connectivity index (χ2n) is 7.65. The van der Waals surface area contributed by atoms with Crippen molar-refractivity contribution in [1.82, 2.24) is 14.9 Å². The van der Waals surface area contributed by atoms with Gasteiger partial charge in [0.05, 0.1) is 13.2 Å². The van der Waals surface area contributed by atoms with Crippen molar-refractivity contribution < 1.29 is 27.8 Å². The molecule has 7 nitrogen and oxygen atoms in total. The van der Waals surface area contributed by atoms with Gasteiger partial charge in [0.15, 0.2) is 0 Å². The van der Waals surface area contributed by atoms with Crippen LogP contribution in [0.15, 0.2) is 54.9 Å². The van der Waals surface area contributed by atoms with E-state index in [0.29, 0.717) is 0 Å². The molecule has 1 N–H and O–H groups in total. The average Bonchev–Trinajstić information content (AvgIpc) is 2.80. The molecule has 10 heteroatoms. The lowest BCUT2D eigenvalue weighted by molar-refractivity contribution is -0.192. The first kappa shape index (κ1) is 24.4. The lowest BCUT2D eigenvalue weighted by atomic mass is 10.1. The molecule has 1 aromatic heterocycles. The Hall–Kier alpha value is -3.24. The summed E-state index contributed by atoms with van der Waals surface area (Å²) < 4.78 is 37.1. The molecule has 1 aliphatic rings. The SMILES string of the molecule is CN(Cc1cnc(N2CCOCC2)nc1)Cc1ccc2ccccc2c1.O=C(O)C(F)(F)F. The van der Waals surface area contributed by atoms with E-state index in [1.54, 1.807) is 0 Å². The van der Waals surface area contributed by atoms with Crippen LogP contribution in [0.25, 0.3) is 10.8 Å². The third kappa shape index (κ3) is 7.40. The molecule has 0 atom stereocenters. The summed E-state index contributed by atoms with van der Waals surface area (Å²) >= 11 is 0. The van der Waals surface area contributed by atoms with Gasteiger partial charge in [-0.25, -0.2) is 14.8 Å². The molecular weight excluding hydrogens is 437 g/mol. The van der Waals surface area contributed by atoms with E-state index in [0.717, 1.165) is 50.9 Å². The van der Waals surface area contributed by atoms with Gasteiger partial charge in [-0.3, -0.25) is 4.90 Å². The minimum Gasteiger partial charge on any atom is -0.475 e. The van der Waals surface area contributed by atoms with Crippen LogP contribution in [0.2, 0.25) is 0 Å². The van der Waals surface area contributed by atoms with Crippen LogP contribution in [0.4, 0.5) is 19.1 Å². The first-order valence-electron chi connectivity index (χ1n) is 10.3. The van der Waals surface area contributed by atoms with Gasteiger partial charge < -0.3 is 14.7 Å². The van der Waals surface area contributed by atoms with E-state index in [1.807, 2.05) is 12.4 Å². The van der Waals surface area contributed by atoms with Crippen LogP contribution in [0.5, 0.6) is 0 Å². The van der Waals surface area contributed by atoms with Gasteiger partial charge in [-0.15, -0.1) is 0 Å². The zero-order valence-electron chi connectivity index (χ0n) is 18.1. The standard InChI is InChI=1S/C21H24N4O.C2HF3O2/c1-24(15-17-6-7-19-4-2-3-5-20(19)12-17)16-18-13-22-21(23-14-18)25-8-10-26-11-9-25;3-2(4,5)1(6)7/h2-7,12-14H,8-11,15-16H2,1H3;(H,6,7). The Balaban J connectivity index is 0.000000383. The van der Waals surface area contributed by atoms with Gasteiger partial charge in [-0.1, -0.05) is 36.4 Å². The number of aliphatic carboxylic acids is 1. The number of fused-ring (bicyclic) bond motifs is 1. The fourth-order valence-electron chi connectivity index (χ4n) is 3.37.